The van der Waals surface area contributed by atoms with Gasteiger partial charge in [0.05, 0.1) is 10.6 Å². The Labute approximate surface area is 178 Å². The van der Waals surface area contributed by atoms with Crippen LogP contribution in [0.15, 0.2) is 58.3 Å². The lowest BCUT2D eigenvalue weighted by molar-refractivity contribution is -0.147. The second-order valence-electron chi connectivity index (χ2n) is 6.24. The molecule has 3 rings (SSSR count). The summed E-state index contributed by atoms with van der Waals surface area (Å²) >= 11 is 7.43. The number of likely N-dealkylation sites (N-methyl/N-ethyl adjacent to an activating group) is 1. The Bertz CT molecular complexity index is 1010. The van der Waals surface area contributed by atoms with Gasteiger partial charge in [0.2, 0.25) is 10.0 Å². The van der Waals surface area contributed by atoms with Crippen LogP contribution in [0.25, 0.3) is 0 Å². The van der Waals surface area contributed by atoms with Crippen LogP contribution in [0, 0.1) is 0 Å². The number of ether oxygens (including phenoxy) is 1. The Morgan fingerprint density at radius 1 is 1.17 bits per heavy atom. The number of benzene rings is 2. The molecule has 154 valence electrons. The van der Waals surface area contributed by atoms with Gasteiger partial charge in [-0.25, -0.2) is 8.42 Å². The standard InChI is InChI=1S/C19H19ClN2O5S2/c1-21(29(25,26)15-8-6-14(20)7-9-15)12-19(24)27-13-18(23)22-10-11-28-17-5-3-2-4-16(17)22/h2-9H,10-13H2,1H3. The van der Waals surface area contributed by atoms with E-state index in [1.807, 2.05) is 24.3 Å². The summed E-state index contributed by atoms with van der Waals surface area (Å²) in [7, 11) is -2.61. The number of carbonyl (C=O) groups is 2. The number of rotatable bonds is 6. The highest BCUT2D eigenvalue weighted by molar-refractivity contribution is 7.99. The molecule has 0 bridgehead atoms. The number of nitrogens with zero attached hydrogens (tertiary/aromatic N) is 2. The van der Waals surface area contributed by atoms with Crippen LogP contribution in [0.3, 0.4) is 0 Å². The number of amides is 1. The number of hydrogen-bond acceptors (Lipinski definition) is 6. The molecule has 0 N–H and O–H groups in total. The average molecular weight is 455 g/mol. The minimum Gasteiger partial charge on any atom is -0.455 e. The van der Waals surface area contributed by atoms with Gasteiger partial charge >= 0.3 is 5.97 Å². The molecule has 0 fully saturated rings. The first-order valence-corrected chi connectivity index (χ1v) is 11.5. The van der Waals surface area contributed by atoms with Crippen molar-refractivity contribution >= 4 is 50.9 Å². The maximum atomic E-state index is 12.5. The zero-order valence-electron chi connectivity index (χ0n) is 15.6. The maximum absolute atomic E-state index is 12.5. The summed E-state index contributed by atoms with van der Waals surface area (Å²) in [6.45, 7) is -0.444. The molecule has 0 unspecified atom stereocenters. The van der Waals surface area contributed by atoms with E-state index in [9.17, 15) is 18.0 Å². The van der Waals surface area contributed by atoms with E-state index >= 15 is 0 Å². The Morgan fingerprint density at radius 3 is 2.59 bits per heavy atom. The third-order valence-electron chi connectivity index (χ3n) is 4.26. The number of carbonyl (C=O) groups excluding carboxylic acids is 2. The Balaban J connectivity index is 1.57. The number of sulfonamides is 1. The fourth-order valence-corrected chi connectivity index (χ4v) is 4.98. The lowest BCUT2D eigenvalue weighted by atomic mass is 10.2. The van der Waals surface area contributed by atoms with Crippen molar-refractivity contribution in [2.75, 3.05) is 37.4 Å². The first kappa shape index (κ1) is 21.6. The zero-order chi connectivity index (χ0) is 21.0. The highest BCUT2D eigenvalue weighted by atomic mass is 35.5. The van der Waals surface area contributed by atoms with Gasteiger partial charge in [-0.05, 0) is 36.4 Å². The van der Waals surface area contributed by atoms with E-state index in [0.717, 1.165) is 20.6 Å². The van der Waals surface area contributed by atoms with Gasteiger partial charge in [-0.15, -0.1) is 11.8 Å². The highest BCUT2D eigenvalue weighted by Crippen LogP contribution is 2.34. The molecule has 29 heavy (non-hydrogen) atoms. The van der Waals surface area contributed by atoms with Crippen LogP contribution >= 0.6 is 23.4 Å². The van der Waals surface area contributed by atoms with Crippen molar-refractivity contribution in [3.8, 4) is 0 Å². The van der Waals surface area contributed by atoms with Crippen LogP contribution in [0.2, 0.25) is 5.02 Å². The second-order valence-corrected chi connectivity index (χ2v) is 9.86. The van der Waals surface area contributed by atoms with Crippen LogP contribution in [0.4, 0.5) is 5.69 Å². The summed E-state index contributed by atoms with van der Waals surface area (Å²) in [5.41, 5.74) is 0.784. The third-order valence-corrected chi connectivity index (χ3v) is 7.37. The van der Waals surface area contributed by atoms with Crippen molar-refractivity contribution in [3.05, 3.63) is 53.6 Å². The minimum absolute atomic E-state index is 0.00991. The monoisotopic (exact) mass is 454 g/mol. The van der Waals surface area contributed by atoms with E-state index < -0.39 is 29.1 Å². The van der Waals surface area contributed by atoms with Gasteiger partial charge in [-0.3, -0.25) is 9.59 Å². The molecule has 0 aliphatic carbocycles. The molecule has 0 aromatic heterocycles. The number of fused-ring (bicyclic) bond motifs is 1. The minimum atomic E-state index is -3.87. The number of hydrogen-bond donors (Lipinski definition) is 0. The highest BCUT2D eigenvalue weighted by Gasteiger charge is 2.26. The van der Waals surface area contributed by atoms with E-state index in [2.05, 4.69) is 0 Å². The smallest absolute Gasteiger partial charge is 0.321 e. The lowest BCUT2D eigenvalue weighted by Gasteiger charge is -2.28. The normalized spacial score (nSPS) is 13.8. The molecule has 1 aliphatic heterocycles. The molecular weight excluding hydrogens is 436 g/mol. The van der Waals surface area contributed by atoms with E-state index in [-0.39, 0.29) is 10.8 Å². The van der Waals surface area contributed by atoms with Crippen molar-refractivity contribution in [1.82, 2.24) is 4.31 Å². The topological polar surface area (TPSA) is 84.0 Å². The van der Waals surface area contributed by atoms with E-state index in [1.54, 1.807) is 16.7 Å². The largest absolute Gasteiger partial charge is 0.455 e. The van der Waals surface area contributed by atoms with E-state index in [1.165, 1.54) is 31.3 Å². The summed E-state index contributed by atoms with van der Waals surface area (Å²) in [6.07, 6.45) is 0. The van der Waals surface area contributed by atoms with Crippen LogP contribution in [0.1, 0.15) is 0 Å². The van der Waals surface area contributed by atoms with E-state index in [4.69, 9.17) is 16.3 Å². The number of esters is 1. The number of halogens is 1. The molecule has 2 aromatic carbocycles. The fourth-order valence-electron chi connectivity index (χ4n) is 2.75. The van der Waals surface area contributed by atoms with Crippen LogP contribution < -0.4 is 4.90 Å². The molecule has 0 radical (unpaired) electrons. The summed E-state index contributed by atoms with van der Waals surface area (Å²) in [6, 6.07) is 13.1. The van der Waals surface area contributed by atoms with Crippen molar-refractivity contribution < 1.29 is 22.7 Å². The SMILES string of the molecule is CN(CC(=O)OCC(=O)N1CCSc2ccccc21)S(=O)(=O)c1ccc(Cl)cc1. The average Bonchev–Trinajstić information content (AvgIpc) is 2.71. The third kappa shape index (κ3) is 5.11. The Hall–Kier alpha value is -2.07. The van der Waals surface area contributed by atoms with Crippen LogP contribution in [-0.4, -0.2) is 57.1 Å². The molecule has 1 heterocycles. The second kappa shape index (κ2) is 9.17. The lowest BCUT2D eigenvalue weighted by Crippen LogP contribution is -2.39. The van der Waals surface area contributed by atoms with Gasteiger partial charge in [-0.1, -0.05) is 23.7 Å². The van der Waals surface area contributed by atoms with Crippen molar-refractivity contribution in [1.29, 1.82) is 0 Å². The number of anilines is 1. The molecule has 1 amide bonds. The van der Waals surface area contributed by atoms with Crippen molar-refractivity contribution in [3.63, 3.8) is 0 Å². The summed E-state index contributed by atoms with van der Waals surface area (Å²) in [5, 5.41) is 0.405. The molecule has 0 saturated heterocycles. The fraction of sp³-hybridized carbons (Fsp3) is 0.263. The summed E-state index contributed by atoms with van der Waals surface area (Å²) in [4.78, 5) is 27.2. The van der Waals surface area contributed by atoms with Crippen LogP contribution in [-0.2, 0) is 24.3 Å². The van der Waals surface area contributed by atoms with Gasteiger partial charge in [0.25, 0.3) is 5.91 Å². The zero-order valence-corrected chi connectivity index (χ0v) is 18.0. The molecule has 7 nitrogen and oxygen atoms in total. The van der Waals surface area contributed by atoms with Gasteiger partial charge < -0.3 is 9.64 Å². The van der Waals surface area contributed by atoms with Crippen molar-refractivity contribution in [2.45, 2.75) is 9.79 Å². The molecule has 0 atom stereocenters. The van der Waals surface area contributed by atoms with Gasteiger partial charge in [0.1, 0.15) is 6.54 Å². The van der Waals surface area contributed by atoms with Gasteiger partial charge in [0, 0.05) is 29.3 Å². The van der Waals surface area contributed by atoms with Crippen LogP contribution in [0.5, 0.6) is 0 Å². The van der Waals surface area contributed by atoms with Gasteiger partial charge in [-0.2, -0.15) is 4.31 Å². The van der Waals surface area contributed by atoms with E-state index in [0.29, 0.717) is 11.6 Å². The summed E-state index contributed by atoms with van der Waals surface area (Å²) < 4.78 is 30.9. The maximum Gasteiger partial charge on any atom is 0.321 e. The number of thioether (sulfide) groups is 1. The predicted octanol–water partition coefficient (Wildman–Crippen LogP) is 2.64. The predicted molar refractivity (Wildman–Crippen MR) is 112 cm³/mol. The van der Waals surface area contributed by atoms with Gasteiger partial charge in [0.15, 0.2) is 6.61 Å². The van der Waals surface area contributed by atoms with Crippen molar-refractivity contribution in [2.24, 2.45) is 0 Å². The summed E-state index contributed by atoms with van der Waals surface area (Å²) in [5.74, 6) is -0.411. The molecule has 1 aliphatic rings. The quantitative estimate of drug-likeness (QED) is 0.624. The number of para-hydroxylation sites is 1. The molecular formula is C19H19ClN2O5S2. The Morgan fingerprint density at radius 2 is 1.86 bits per heavy atom. The molecule has 2 aromatic rings. The first-order chi connectivity index (χ1) is 13.8. The molecule has 0 spiro atoms. The Kier molecular flexibility index (Phi) is 6.84. The molecule has 0 saturated carbocycles. The molecule has 10 heteroatoms. The first-order valence-electron chi connectivity index (χ1n) is 8.69.